The maximum absolute atomic E-state index is 11.4. The van der Waals surface area contributed by atoms with Gasteiger partial charge >= 0.3 is 0 Å². The van der Waals surface area contributed by atoms with Crippen LogP contribution in [0.3, 0.4) is 0 Å². The van der Waals surface area contributed by atoms with Gasteiger partial charge in [-0.25, -0.2) is 0 Å². The van der Waals surface area contributed by atoms with Gasteiger partial charge in [0.25, 0.3) is 0 Å². The van der Waals surface area contributed by atoms with Crippen LogP contribution < -0.4 is 0 Å². The molecular weight excluding hydrogens is 232 g/mol. The highest BCUT2D eigenvalue weighted by molar-refractivity contribution is 9.10. The largest absolute Gasteiger partial charge is 0.460 e. The Hall–Kier alpha value is -1.01. The van der Waals surface area contributed by atoms with Crippen LogP contribution in [0, 0.1) is 11.8 Å². The van der Waals surface area contributed by atoms with Crippen molar-refractivity contribution in [2.45, 2.75) is 19.8 Å². The fraction of sp³-hybridized carbons (Fsp3) is 0.300. The average molecular weight is 241 g/mol. The molecule has 0 atom stereocenters. The zero-order valence-corrected chi connectivity index (χ0v) is 8.85. The van der Waals surface area contributed by atoms with E-state index in [0.717, 1.165) is 0 Å². The van der Waals surface area contributed by atoms with Crippen LogP contribution in [-0.4, -0.2) is 5.78 Å². The summed E-state index contributed by atoms with van der Waals surface area (Å²) in [6.45, 7) is 1.76. The van der Waals surface area contributed by atoms with E-state index in [1.54, 1.807) is 13.0 Å². The third kappa shape index (κ3) is 2.74. The Balaban J connectivity index is 2.57. The van der Waals surface area contributed by atoms with Gasteiger partial charge in [0.2, 0.25) is 0 Å². The van der Waals surface area contributed by atoms with Crippen LogP contribution in [0.2, 0.25) is 0 Å². The lowest BCUT2D eigenvalue weighted by Gasteiger charge is -1.93. The van der Waals surface area contributed by atoms with E-state index < -0.39 is 0 Å². The fourth-order valence-corrected chi connectivity index (χ4v) is 1.33. The van der Waals surface area contributed by atoms with Crippen molar-refractivity contribution >= 4 is 21.7 Å². The van der Waals surface area contributed by atoms with E-state index in [1.807, 2.05) is 0 Å². The number of halogens is 1. The molecule has 0 spiro atoms. The molecule has 0 amide bonds. The topological polar surface area (TPSA) is 30.2 Å². The second-order valence-corrected chi connectivity index (χ2v) is 3.30. The lowest BCUT2D eigenvalue weighted by atomic mass is 10.2. The van der Waals surface area contributed by atoms with Crippen molar-refractivity contribution in [2.24, 2.45) is 0 Å². The van der Waals surface area contributed by atoms with Crippen LogP contribution in [0.5, 0.6) is 0 Å². The monoisotopic (exact) mass is 240 g/mol. The lowest BCUT2D eigenvalue weighted by Crippen LogP contribution is -1.96. The van der Waals surface area contributed by atoms with Crippen molar-refractivity contribution in [3.05, 3.63) is 22.6 Å². The first kappa shape index (κ1) is 10.1. The maximum Gasteiger partial charge on any atom is 0.200 e. The van der Waals surface area contributed by atoms with Gasteiger partial charge in [-0.2, -0.15) is 0 Å². The molecule has 0 aliphatic rings. The summed E-state index contributed by atoms with van der Waals surface area (Å²) in [5.74, 6) is 5.94. The Bertz CT molecular complexity index is 354. The Labute approximate surface area is 85.4 Å². The molecule has 1 aromatic rings. The van der Waals surface area contributed by atoms with Crippen molar-refractivity contribution < 1.29 is 9.21 Å². The second-order valence-electron chi connectivity index (χ2n) is 2.45. The van der Waals surface area contributed by atoms with Crippen molar-refractivity contribution in [1.82, 2.24) is 0 Å². The summed E-state index contributed by atoms with van der Waals surface area (Å²) >= 11 is 3.23. The molecule has 0 N–H and O–H groups in total. The first-order valence-electron chi connectivity index (χ1n) is 3.91. The van der Waals surface area contributed by atoms with Crippen LogP contribution in [0.15, 0.2) is 21.2 Å². The van der Waals surface area contributed by atoms with E-state index in [2.05, 4.69) is 27.8 Å². The summed E-state index contributed by atoms with van der Waals surface area (Å²) < 4.78 is 5.72. The average Bonchev–Trinajstić information content (AvgIpc) is 2.52. The number of hydrogen-bond donors (Lipinski definition) is 0. The first-order chi connectivity index (χ1) is 6.25. The molecule has 0 fully saturated rings. The fourth-order valence-electron chi connectivity index (χ4n) is 0.907. The van der Waals surface area contributed by atoms with E-state index in [0.29, 0.717) is 23.1 Å². The summed E-state index contributed by atoms with van der Waals surface area (Å²) in [4.78, 5) is 11.4. The standard InChI is InChI=1S/C10H9BrO2/c1-2-3-4-5-9(12)10-8(11)6-7-13-10/h6-7H,4-5H2,1H3. The number of rotatable bonds is 3. The van der Waals surface area contributed by atoms with Gasteiger partial charge in [-0.1, -0.05) is 0 Å². The number of furan rings is 1. The SMILES string of the molecule is CC#CCCC(=O)c1occc1Br. The third-order valence-electron chi connectivity index (χ3n) is 1.52. The van der Waals surface area contributed by atoms with Crippen molar-refractivity contribution in [1.29, 1.82) is 0 Å². The minimum atomic E-state index is -0.0142. The van der Waals surface area contributed by atoms with Crippen LogP contribution in [0.4, 0.5) is 0 Å². The molecule has 0 radical (unpaired) electrons. The Kier molecular flexibility index (Phi) is 3.78. The van der Waals surface area contributed by atoms with Crippen LogP contribution in [-0.2, 0) is 0 Å². The lowest BCUT2D eigenvalue weighted by molar-refractivity contribution is 0.0956. The minimum Gasteiger partial charge on any atom is -0.460 e. The number of hydrogen-bond acceptors (Lipinski definition) is 2. The molecule has 0 aliphatic carbocycles. The number of carbonyl (C=O) groups is 1. The molecule has 68 valence electrons. The summed E-state index contributed by atoms with van der Waals surface area (Å²) in [5, 5.41) is 0. The molecule has 2 nitrogen and oxygen atoms in total. The van der Waals surface area contributed by atoms with E-state index >= 15 is 0 Å². The van der Waals surface area contributed by atoms with E-state index in [4.69, 9.17) is 4.42 Å². The van der Waals surface area contributed by atoms with E-state index in [1.165, 1.54) is 6.26 Å². The Morgan fingerprint density at radius 3 is 3.00 bits per heavy atom. The number of ketones is 1. The summed E-state index contributed by atoms with van der Waals surface area (Å²) in [6, 6.07) is 1.71. The quantitative estimate of drug-likeness (QED) is 0.601. The predicted octanol–water partition coefficient (Wildman–Crippen LogP) is 3.03. The molecule has 1 rings (SSSR count). The van der Waals surface area contributed by atoms with Gasteiger partial charge in [0, 0.05) is 12.8 Å². The zero-order valence-electron chi connectivity index (χ0n) is 7.26. The molecule has 0 aromatic carbocycles. The minimum absolute atomic E-state index is 0.0142. The van der Waals surface area contributed by atoms with Crippen molar-refractivity contribution in [3.63, 3.8) is 0 Å². The van der Waals surface area contributed by atoms with Gasteiger partial charge in [-0.05, 0) is 28.9 Å². The zero-order chi connectivity index (χ0) is 9.68. The number of carbonyl (C=O) groups excluding carboxylic acids is 1. The summed E-state index contributed by atoms with van der Waals surface area (Å²) in [7, 11) is 0. The van der Waals surface area contributed by atoms with Gasteiger partial charge in [-0.15, -0.1) is 11.8 Å². The summed E-state index contributed by atoms with van der Waals surface area (Å²) in [6.07, 6.45) is 2.48. The van der Waals surface area contributed by atoms with Gasteiger partial charge in [0.05, 0.1) is 10.7 Å². The smallest absolute Gasteiger partial charge is 0.200 e. The van der Waals surface area contributed by atoms with Crippen LogP contribution >= 0.6 is 15.9 Å². The molecule has 3 heteroatoms. The maximum atomic E-state index is 11.4. The highest BCUT2D eigenvalue weighted by Gasteiger charge is 2.12. The summed E-state index contributed by atoms with van der Waals surface area (Å²) in [5.41, 5.74) is 0. The van der Waals surface area contributed by atoms with Crippen molar-refractivity contribution in [2.75, 3.05) is 0 Å². The highest BCUT2D eigenvalue weighted by atomic mass is 79.9. The molecule has 0 saturated heterocycles. The molecule has 0 saturated carbocycles. The highest BCUT2D eigenvalue weighted by Crippen LogP contribution is 2.19. The number of Topliss-reactive ketones (excluding diaryl/α,β-unsaturated/α-hetero) is 1. The predicted molar refractivity (Wildman–Crippen MR) is 53.4 cm³/mol. The normalized spacial score (nSPS) is 9.08. The molecule has 0 unspecified atom stereocenters. The van der Waals surface area contributed by atoms with Crippen LogP contribution in [0.25, 0.3) is 0 Å². The third-order valence-corrected chi connectivity index (χ3v) is 2.15. The first-order valence-corrected chi connectivity index (χ1v) is 4.71. The van der Waals surface area contributed by atoms with Crippen LogP contribution in [0.1, 0.15) is 30.3 Å². The van der Waals surface area contributed by atoms with E-state index in [-0.39, 0.29) is 5.78 Å². The van der Waals surface area contributed by atoms with Gasteiger partial charge < -0.3 is 4.42 Å². The molecule has 1 aromatic heterocycles. The second kappa shape index (κ2) is 4.88. The molecular formula is C10H9BrO2. The van der Waals surface area contributed by atoms with Gasteiger partial charge in [0.1, 0.15) is 0 Å². The Morgan fingerprint density at radius 1 is 1.69 bits per heavy atom. The van der Waals surface area contributed by atoms with Gasteiger partial charge in [0.15, 0.2) is 11.5 Å². The molecule has 1 heterocycles. The molecule has 0 bridgehead atoms. The van der Waals surface area contributed by atoms with E-state index in [9.17, 15) is 4.79 Å². The molecule has 13 heavy (non-hydrogen) atoms. The van der Waals surface area contributed by atoms with Gasteiger partial charge in [-0.3, -0.25) is 4.79 Å². The Morgan fingerprint density at radius 2 is 2.46 bits per heavy atom. The van der Waals surface area contributed by atoms with Crippen molar-refractivity contribution in [3.8, 4) is 11.8 Å². The molecule has 0 aliphatic heterocycles.